The highest BCUT2D eigenvalue weighted by atomic mass is 127. The lowest BCUT2D eigenvalue weighted by molar-refractivity contribution is 0.409. The maximum atomic E-state index is 13.2. The van der Waals surface area contributed by atoms with Crippen LogP contribution in [0.2, 0.25) is 0 Å². The predicted octanol–water partition coefficient (Wildman–Crippen LogP) is 3.75. The maximum Gasteiger partial charge on any atom is 0.191 e. The Morgan fingerprint density at radius 1 is 1.12 bits per heavy atom. The Hall–Kier alpha value is -1.83. The van der Waals surface area contributed by atoms with Gasteiger partial charge in [0.1, 0.15) is 11.6 Å². The van der Waals surface area contributed by atoms with Gasteiger partial charge in [-0.25, -0.2) is 9.38 Å². The molecule has 0 amide bonds. The first kappa shape index (κ1) is 21.2. The molecule has 6 heteroatoms. The van der Waals surface area contributed by atoms with Gasteiger partial charge in [-0.2, -0.15) is 0 Å². The molecule has 2 aromatic carbocycles. The van der Waals surface area contributed by atoms with Crippen LogP contribution in [-0.2, 0) is 13.0 Å². The zero-order valence-electron chi connectivity index (χ0n) is 14.6. The first-order chi connectivity index (χ1) is 11.7. The van der Waals surface area contributed by atoms with Crippen LogP contribution in [0.5, 0.6) is 5.75 Å². The van der Waals surface area contributed by atoms with Gasteiger partial charge < -0.3 is 15.4 Å². The molecule has 0 atom stereocenters. The van der Waals surface area contributed by atoms with Crippen molar-refractivity contribution < 1.29 is 9.13 Å². The van der Waals surface area contributed by atoms with Crippen LogP contribution < -0.4 is 15.4 Å². The molecule has 0 saturated carbocycles. The summed E-state index contributed by atoms with van der Waals surface area (Å²) in [5, 5.41) is 6.49. The number of nitrogens with zero attached hydrogens (tertiary/aromatic N) is 1. The van der Waals surface area contributed by atoms with E-state index >= 15 is 0 Å². The lowest BCUT2D eigenvalue weighted by Gasteiger charge is -2.12. The molecule has 0 radical (unpaired) electrons. The van der Waals surface area contributed by atoms with E-state index < -0.39 is 0 Å². The minimum atomic E-state index is -0.239. The van der Waals surface area contributed by atoms with Crippen molar-refractivity contribution in [3.63, 3.8) is 0 Å². The number of rotatable bonds is 7. The van der Waals surface area contributed by atoms with Crippen molar-refractivity contribution in [1.82, 2.24) is 10.6 Å². The number of methoxy groups -OCH3 is 1. The summed E-state index contributed by atoms with van der Waals surface area (Å²) in [5.41, 5.74) is 1.99. The second kappa shape index (κ2) is 11.7. The normalized spacial score (nSPS) is 10.8. The van der Waals surface area contributed by atoms with E-state index in [9.17, 15) is 4.39 Å². The fraction of sp³-hybridized carbons (Fsp3) is 0.316. The summed E-state index contributed by atoms with van der Waals surface area (Å²) in [4.78, 5) is 4.50. The highest BCUT2D eigenvalue weighted by molar-refractivity contribution is 14.0. The van der Waals surface area contributed by atoms with E-state index in [0.29, 0.717) is 6.54 Å². The number of hydrogen-bond donors (Lipinski definition) is 2. The van der Waals surface area contributed by atoms with Gasteiger partial charge >= 0.3 is 0 Å². The molecular formula is C19H25FIN3O. The fourth-order valence-corrected chi connectivity index (χ4v) is 2.37. The van der Waals surface area contributed by atoms with E-state index in [0.717, 1.165) is 42.3 Å². The van der Waals surface area contributed by atoms with Gasteiger partial charge in [-0.15, -0.1) is 24.0 Å². The lowest BCUT2D eigenvalue weighted by Crippen LogP contribution is -2.38. The van der Waals surface area contributed by atoms with Crippen LogP contribution >= 0.6 is 24.0 Å². The number of guanidine groups is 1. The Labute approximate surface area is 165 Å². The van der Waals surface area contributed by atoms with E-state index in [1.165, 1.54) is 12.1 Å². The minimum absolute atomic E-state index is 0. The second-order valence-corrected chi connectivity index (χ2v) is 5.31. The monoisotopic (exact) mass is 457 g/mol. The van der Waals surface area contributed by atoms with Crippen LogP contribution in [0.25, 0.3) is 0 Å². The van der Waals surface area contributed by atoms with Gasteiger partial charge in [0.15, 0.2) is 5.96 Å². The molecule has 0 unspecified atom stereocenters. The van der Waals surface area contributed by atoms with Crippen LogP contribution in [0.4, 0.5) is 4.39 Å². The summed E-state index contributed by atoms with van der Waals surface area (Å²) in [6.45, 7) is 3.94. The molecule has 2 rings (SSSR count). The van der Waals surface area contributed by atoms with E-state index in [-0.39, 0.29) is 29.8 Å². The molecule has 0 aliphatic rings. The Balaban J connectivity index is 0.00000312. The minimum Gasteiger partial charge on any atom is -0.496 e. The molecule has 0 spiro atoms. The standard InChI is InChI=1S/C19H24FN3O.HI/c1-3-21-19(23-14-15-7-6-9-17(20)13-15)22-12-11-16-8-4-5-10-18(16)24-2;/h4-10,13H,3,11-12,14H2,1-2H3,(H2,21,22,23);1H. The van der Waals surface area contributed by atoms with Crippen molar-refractivity contribution in [2.45, 2.75) is 19.9 Å². The molecule has 0 bridgehead atoms. The van der Waals surface area contributed by atoms with Crippen LogP contribution in [0.1, 0.15) is 18.1 Å². The van der Waals surface area contributed by atoms with Gasteiger partial charge in [0.2, 0.25) is 0 Å². The van der Waals surface area contributed by atoms with Gasteiger partial charge in [-0.05, 0) is 42.7 Å². The summed E-state index contributed by atoms with van der Waals surface area (Å²) in [7, 11) is 1.68. The Bertz CT molecular complexity index is 679. The molecular weight excluding hydrogens is 432 g/mol. The maximum absolute atomic E-state index is 13.2. The summed E-state index contributed by atoms with van der Waals surface area (Å²) in [6, 6.07) is 14.5. The molecule has 0 aliphatic carbocycles. The number of para-hydroxylation sites is 1. The fourth-order valence-electron chi connectivity index (χ4n) is 2.37. The second-order valence-electron chi connectivity index (χ2n) is 5.31. The zero-order chi connectivity index (χ0) is 17.2. The number of ether oxygens (including phenoxy) is 1. The van der Waals surface area contributed by atoms with Crippen molar-refractivity contribution in [3.05, 3.63) is 65.5 Å². The summed E-state index contributed by atoms with van der Waals surface area (Å²) in [5.74, 6) is 1.37. The summed E-state index contributed by atoms with van der Waals surface area (Å²) < 4.78 is 18.6. The predicted molar refractivity (Wildman–Crippen MR) is 111 cm³/mol. The lowest BCUT2D eigenvalue weighted by atomic mass is 10.1. The number of nitrogens with one attached hydrogen (secondary N) is 2. The van der Waals surface area contributed by atoms with E-state index in [1.54, 1.807) is 13.2 Å². The molecule has 2 N–H and O–H groups in total. The Kier molecular flexibility index (Phi) is 9.91. The molecule has 0 aromatic heterocycles. The SMILES string of the molecule is CCNC(=NCc1cccc(F)c1)NCCc1ccccc1OC.I. The van der Waals surface area contributed by atoms with Crippen molar-refractivity contribution in [2.24, 2.45) is 4.99 Å². The average Bonchev–Trinajstić information content (AvgIpc) is 2.60. The van der Waals surface area contributed by atoms with Gasteiger partial charge in [-0.3, -0.25) is 0 Å². The molecule has 2 aromatic rings. The van der Waals surface area contributed by atoms with Gasteiger partial charge in [0, 0.05) is 13.1 Å². The van der Waals surface area contributed by atoms with Gasteiger partial charge in [-0.1, -0.05) is 30.3 Å². The van der Waals surface area contributed by atoms with Crippen LogP contribution in [0.15, 0.2) is 53.5 Å². The molecule has 0 saturated heterocycles. The molecule has 136 valence electrons. The van der Waals surface area contributed by atoms with Crippen molar-refractivity contribution >= 4 is 29.9 Å². The van der Waals surface area contributed by atoms with Crippen LogP contribution in [0.3, 0.4) is 0 Å². The molecule has 4 nitrogen and oxygen atoms in total. The smallest absolute Gasteiger partial charge is 0.191 e. The van der Waals surface area contributed by atoms with E-state index in [2.05, 4.69) is 21.7 Å². The largest absolute Gasteiger partial charge is 0.496 e. The van der Waals surface area contributed by atoms with Gasteiger partial charge in [0.05, 0.1) is 13.7 Å². The third kappa shape index (κ3) is 7.29. The highest BCUT2D eigenvalue weighted by Crippen LogP contribution is 2.17. The van der Waals surface area contributed by atoms with Crippen molar-refractivity contribution in [3.8, 4) is 5.75 Å². The van der Waals surface area contributed by atoms with Crippen LogP contribution in [-0.4, -0.2) is 26.2 Å². The zero-order valence-corrected chi connectivity index (χ0v) is 16.9. The quantitative estimate of drug-likeness (QED) is 0.378. The number of benzene rings is 2. The topological polar surface area (TPSA) is 45.7 Å². The molecule has 25 heavy (non-hydrogen) atoms. The molecule has 0 aliphatic heterocycles. The average molecular weight is 457 g/mol. The van der Waals surface area contributed by atoms with Crippen molar-refractivity contribution in [1.29, 1.82) is 0 Å². The summed E-state index contributed by atoms with van der Waals surface area (Å²) >= 11 is 0. The Morgan fingerprint density at radius 3 is 2.64 bits per heavy atom. The van der Waals surface area contributed by atoms with Gasteiger partial charge in [0.25, 0.3) is 0 Å². The van der Waals surface area contributed by atoms with E-state index in [1.807, 2.05) is 31.2 Å². The first-order valence-corrected chi connectivity index (χ1v) is 8.11. The molecule has 0 fully saturated rings. The summed E-state index contributed by atoms with van der Waals surface area (Å²) in [6.07, 6.45) is 0.828. The van der Waals surface area contributed by atoms with Crippen LogP contribution in [0, 0.1) is 5.82 Å². The third-order valence-corrected chi connectivity index (χ3v) is 3.53. The number of halogens is 2. The molecule has 0 heterocycles. The first-order valence-electron chi connectivity index (χ1n) is 8.11. The van der Waals surface area contributed by atoms with E-state index in [4.69, 9.17) is 4.74 Å². The number of hydrogen-bond acceptors (Lipinski definition) is 2. The number of aliphatic imine (C=N–C) groups is 1. The third-order valence-electron chi connectivity index (χ3n) is 3.53. The highest BCUT2D eigenvalue weighted by Gasteiger charge is 2.03. The Morgan fingerprint density at radius 2 is 1.92 bits per heavy atom. The van der Waals surface area contributed by atoms with Crippen molar-refractivity contribution in [2.75, 3.05) is 20.2 Å².